The van der Waals surface area contributed by atoms with E-state index in [0.29, 0.717) is 23.6 Å². The zero-order valence-corrected chi connectivity index (χ0v) is 13.3. The Bertz CT molecular complexity index is 822. The number of hydrogen-bond donors (Lipinski definition) is 1. The second kappa shape index (κ2) is 5.96. The Balaban J connectivity index is 1.54. The number of carbonyl (C=O) groups excluding carboxylic acids is 1. The van der Waals surface area contributed by atoms with Gasteiger partial charge in [0, 0.05) is 24.0 Å². The first-order chi connectivity index (χ1) is 11.3. The fraction of sp³-hybridized carbons (Fsp3) is 0.333. The Morgan fingerprint density at radius 2 is 2.09 bits per heavy atom. The first-order valence-electron chi connectivity index (χ1n) is 7.58. The van der Waals surface area contributed by atoms with Gasteiger partial charge in [-0.05, 0) is 36.4 Å². The summed E-state index contributed by atoms with van der Waals surface area (Å²) in [7, 11) is 0. The SMILES string of the molecule is O=C(NCc1nnc2ccc(N3CCCC3)nn12)c1ccsc1. The molecule has 7 nitrogen and oxygen atoms in total. The maximum atomic E-state index is 12.0. The van der Waals surface area contributed by atoms with Gasteiger partial charge in [0.05, 0.1) is 6.54 Å². The van der Waals surface area contributed by atoms with E-state index >= 15 is 0 Å². The van der Waals surface area contributed by atoms with Crippen LogP contribution < -0.4 is 10.2 Å². The summed E-state index contributed by atoms with van der Waals surface area (Å²) in [5, 5.41) is 19.4. The van der Waals surface area contributed by atoms with Gasteiger partial charge in [-0.2, -0.15) is 15.9 Å². The summed E-state index contributed by atoms with van der Waals surface area (Å²) in [4.78, 5) is 14.3. The lowest BCUT2D eigenvalue weighted by Crippen LogP contribution is -2.24. The number of rotatable bonds is 4. The maximum absolute atomic E-state index is 12.0. The monoisotopic (exact) mass is 328 g/mol. The van der Waals surface area contributed by atoms with Crippen molar-refractivity contribution in [2.24, 2.45) is 0 Å². The van der Waals surface area contributed by atoms with Crippen LogP contribution in [0.5, 0.6) is 0 Å². The van der Waals surface area contributed by atoms with Crippen molar-refractivity contribution in [1.29, 1.82) is 0 Å². The zero-order chi connectivity index (χ0) is 15.6. The van der Waals surface area contributed by atoms with Gasteiger partial charge in [0.25, 0.3) is 5.91 Å². The molecule has 3 aromatic rings. The lowest BCUT2D eigenvalue weighted by molar-refractivity contribution is 0.0950. The van der Waals surface area contributed by atoms with Gasteiger partial charge < -0.3 is 10.2 Å². The molecule has 118 valence electrons. The number of amides is 1. The third kappa shape index (κ3) is 2.77. The van der Waals surface area contributed by atoms with Gasteiger partial charge in [-0.15, -0.1) is 15.3 Å². The molecule has 1 fully saturated rings. The van der Waals surface area contributed by atoms with E-state index in [1.165, 1.54) is 24.2 Å². The Kier molecular flexibility index (Phi) is 3.66. The number of fused-ring (bicyclic) bond motifs is 1. The largest absolute Gasteiger partial charge is 0.355 e. The standard InChI is InChI=1S/C15H16N6OS/c22-15(11-5-8-23-10-11)16-9-14-18-17-12-3-4-13(19-21(12)14)20-6-1-2-7-20/h3-5,8,10H,1-2,6-7,9H2,(H,16,22). The number of hydrogen-bond acceptors (Lipinski definition) is 6. The fourth-order valence-corrected chi connectivity index (χ4v) is 3.34. The predicted octanol–water partition coefficient (Wildman–Crippen LogP) is 1.72. The van der Waals surface area contributed by atoms with Crippen molar-refractivity contribution in [2.45, 2.75) is 19.4 Å². The van der Waals surface area contributed by atoms with Gasteiger partial charge in [0.2, 0.25) is 0 Å². The molecular weight excluding hydrogens is 312 g/mol. The van der Waals surface area contributed by atoms with Gasteiger partial charge in [0.1, 0.15) is 5.82 Å². The summed E-state index contributed by atoms with van der Waals surface area (Å²) in [5.41, 5.74) is 1.35. The lowest BCUT2D eigenvalue weighted by atomic mass is 10.3. The van der Waals surface area contributed by atoms with Crippen LogP contribution in [-0.2, 0) is 6.54 Å². The molecule has 23 heavy (non-hydrogen) atoms. The molecule has 4 heterocycles. The van der Waals surface area contributed by atoms with Crippen LogP contribution in [0.1, 0.15) is 29.0 Å². The molecule has 8 heteroatoms. The van der Waals surface area contributed by atoms with Crippen molar-refractivity contribution in [3.63, 3.8) is 0 Å². The predicted molar refractivity (Wildman–Crippen MR) is 87.7 cm³/mol. The van der Waals surface area contributed by atoms with Crippen molar-refractivity contribution < 1.29 is 4.79 Å². The topological polar surface area (TPSA) is 75.4 Å². The third-order valence-electron chi connectivity index (χ3n) is 3.93. The molecule has 0 aliphatic carbocycles. The Morgan fingerprint density at radius 1 is 1.22 bits per heavy atom. The van der Waals surface area contributed by atoms with Crippen LogP contribution in [0.2, 0.25) is 0 Å². The van der Waals surface area contributed by atoms with Gasteiger partial charge >= 0.3 is 0 Å². The molecule has 0 bridgehead atoms. The molecule has 4 rings (SSSR count). The minimum atomic E-state index is -0.112. The summed E-state index contributed by atoms with van der Waals surface area (Å²) >= 11 is 1.50. The molecule has 1 N–H and O–H groups in total. The first kappa shape index (κ1) is 14.1. The molecule has 1 aliphatic rings. The van der Waals surface area contributed by atoms with Crippen LogP contribution in [-0.4, -0.2) is 38.8 Å². The number of carbonyl (C=O) groups is 1. The smallest absolute Gasteiger partial charge is 0.252 e. The van der Waals surface area contributed by atoms with Crippen LogP contribution in [0, 0.1) is 0 Å². The number of aromatic nitrogens is 4. The average molecular weight is 328 g/mol. The molecule has 0 atom stereocenters. The lowest BCUT2D eigenvalue weighted by Gasteiger charge is -2.15. The van der Waals surface area contributed by atoms with Crippen molar-refractivity contribution in [3.05, 3.63) is 40.3 Å². The Labute approximate surface area is 136 Å². The van der Waals surface area contributed by atoms with Crippen molar-refractivity contribution in [1.82, 2.24) is 25.1 Å². The molecule has 0 aromatic carbocycles. The van der Waals surface area contributed by atoms with E-state index in [2.05, 4.69) is 25.5 Å². The van der Waals surface area contributed by atoms with E-state index in [9.17, 15) is 4.79 Å². The Morgan fingerprint density at radius 3 is 2.87 bits per heavy atom. The van der Waals surface area contributed by atoms with Crippen LogP contribution in [0.3, 0.4) is 0 Å². The highest BCUT2D eigenvalue weighted by atomic mass is 32.1. The summed E-state index contributed by atoms with van der Waals surface area (Å²) < 4.78 is 1.71. The zero-order valence-electron chi connectivity index (χ0n) is 12.5. The van der Waals surface area contributed by atoms with Crippen LogP contribution in [0.25, 0.3) is 5.65 Å². The quantitative estimate of drug-likeness (QED) is 0.789. The number of nitrogens with zero attached hydrogens (tertiary/aromatic N) is 5. The summed E-state index contributed by atoms with van der Waals surface area (Å²) in [6.07, 6.45) is 2.40. The van der Waals surface area contributed by atoms with E-state index in [1.54, 1.807) is 10.6 Å². The average Bonchev–Trinajstić information content (AvgIpc) is 3.33. The third-order valence-corrected chi connectivity index (χ3v) is 4.62. The highest BCUT2D eigenvalue weighted by Crippen LogP contribution is 2.18. The summed E-state index contributed by atoms with van der Waals surface area (Å²) in [5.74, 6) is 1.45. The molecular formula is C15H16N6OS. The van der Waals surface area contributed by atoms with E-state index in [0.717, 1.165) is 18.9 Å². The molecule has 3 aromatic heterocycles. The van der Waals surface area contributed by atoms with E-state index in [4.69, 9.17) is 0 Å². The molecule has 1 aliphatic heterocycles. The van der Waals surface area contributed by atoms with Gasteiger partial charge in [-0.25, -0.2) is 0 Å². The van der Waals surface area contributed by atoms with Crippen LogP contribution in [0.15, 0.2) is 29.0 Å². The molecule has 1 amide bonds. The van der Waals surface area contributed by atoms with Gasteiger partial charge in [-0.1, -0.05) is 0 Å². The van der Waals surface area contributed by atoms with Crippen molar-refractivity contribution in [2.75, 3.05) is 18.0 Å². The van der Waals surface area contributed by atoms with E-state index in [1.807, 2.05) is 22.9 Å². The van der Waals surface area contributed by atoms with E-state index < -0.39 is 0 Å². The van der Waals surface area contributed by atoms with Crippen molar-refractivity contribution >= 4 is 28.7 Å². The Hall–Kier alpha value is -2.48. The second-order valence-corrected chi connectivity index (χ2v) is 6.25. The normalized spacial score (nSPS) is 14.5. The maximum Gasteiger partial charge on any atom is 0.252 e. The molecule has 0 radical (unpaired) electrons. The molecule has 0 spiro atoms. The number of thiophene rings is 1. The molecule has 0 unspecified atom stereocenters. The van der Waals surface area contributed by atoms with E-state index in [-0.39, 0.29) is 5.91 Å². The first-order valence-corrected chi connectivity index (χ1v) is 8.52. The van der Waals surface area contributed by atoms with Gasteiger partial charge in [-0.3, -0.25) is 4.79 Å². The van der Waals surface area contributed by atoms with Crippen LogP contribution in [0.4, 0.5) is 5.82 Å². The minimum Gasteiger partial charge on any atom is -0.355 e. The second-order valence-electron chi connectivity index (χ2n) is 5.47. The fourth-order valence-electron chi connectivity index (χ4n) is 2.70. The van der Waals surface area contributed by atoms with Crippen LogP contribution >= 0.6 is 11.3 Å². The summed E-state index contributed by atoms with van der Waals surface area (Å²) in [6.45, 7) is 2.36. The highest BCUT2D eigenvalue weighted by molar-refractivity contribution is 7.08. The number of anilines is 1. The summed E-state index contributed by atoms with van der Waals surface area (Å²) in [6, 6.07) is 5.69. The highest BCUT2D eigenvalue weighted by Gasteiger charge is 2.16. The minimum absolute atomic E-state index is 0.112. The molecule has 0 saturated carbocycles. The van der Waals surface area contributed by atoms with Gasteiger partial charge in [0.15, 0.2) is 11.5 Å². The number of nitrogens with one attached hydrogen (secondary N) is 1. The molecule has 1 saturated heterocycles. The van der Waals surface area contributed by atoms with Crippen molar-refractivity contribution in [3.8, 4) is 0 Å².